The van der Waals surface area contributed by atoms with E-state index in [1.54, 1.807) is 4.90 Å². The molecule has 1 fully saturated rings. The SMILES string of the molecule is CC(C)(C)OC(=O)N1CC(c2cncn2C2CC=CC2)C1. The summed E-state index contributed by atoms with van der Waals surface area (Å²) in [5.41, 5.74) is 0.808. The third kappa shape index (κ3) is 2.96. The van der Waals surface area contributed by atoms with Gasteiger partial charge in [0.1, 0.15) is 5.60 Å². The first kappa shape index (κ1) is 14.2. The monoisotopic (exact) mass is 289 g/mol. The summed E-state index contributed by atoms with van der Waals surface area (Å²) in [6.45, 7) is 7.13. The van der Waals surface area contributed by atoms with Gasteiger partial charge in [0.2, 0.25) is 0 Å². The molecule has 0 bridgehead atoms. The summed E-state index contributed by atoms with van der Waals surface area (Å²) in [5.74, 6) is 0.376. The van der Waals surface area contributed by atoms with Gasteiger partial charge in [-0.25, -0.2) is 9.78 Å². The quantitative estimate of drug-likeness (QED) is 0.786. The highest BCUT2D eigenvalue weighted by Gasteiger charge is 2.36. The van der Waals surface area contributed by atoms with E-state index >= 15 is 0 Å². The van der Waals surface area contributed by atoms with Crippen molar-refractivity contribution in [1.29, 1.82) is 0 Å². The molecule has 2 heterocycles. The summed E-state index contributed by atoms with van der Waals surface area (Å²) >= 11 is 0. The molecule has 1 amide bonds. The molecular formula is C16H23N3O2. The molecule has 1 aliphatic heterocycles. The predicted octanol–water partition coefficient (Wildman–Crippen LogP) is 3.11. The number of likely N-dealkylation sites (tertiary alicyclic amines) is 1. The Bertz CT molecular complexity index is 542. The molecule has 1 aromatic rings. The number of imidazole rings is 1. The van der Waals surface area contributed by atoms with E-state index in [-0.39, 0.29) is 6.09 Å². The van der Waals surface area contributed by atoms with E-state index in [9.17, 15) is 4.79 Å². The Morgan fingerprint density at radius 1 is 1.29 bits per heavy atom. The lowest BCUT2D eigenvalue weighted by Gasteiger charge is -2.40. The minimum absolute atomic E-state index is 0.215. The summed E-state index contributed by atoms with van der Waals surface area (Å²) in [4.78, 5) is 18.0. The van der Waals surface area contributed by atoms with Gasteiger partial charge in [-0.2, -0.15) is 0 Å². The van der Waals surface area contributed by atoms with Gasteiger partial charge in [0.25, 0.3) is 0 Å². The molecule has 1 saturated heterocycles. The maximum atomic E-state index is 12.0. The van der Waals surface area contributed by atoms with Crippen LogP contribution in [0.1, 0.15) is 51.3 Å². The van der Waals surface area contributed by atoms with E-state index in [4.69, 9.17) is 4.74 Å². The standard InChI is InChI=1S/C16H23N3O2/c1-16(2,3)21-15(20)18-9-12(10-18)14-8-17-11-19(14)13-6-4-5-7-13/h4-5,8,11-13H,6-7,9-10H2,1-3H3. The highest BCUT2D eigenvalue weighted by atomic mass is 16.6. The van der Waals surface area contributed by atoms with Gasteiger partial charge in [-0.3, -0.25) is 0 Å². The molecule has 0 saturated carbocycles. The molecular weight excluding hydrogens is 266 g/mol. The summed E-state index contributed by atoms with van der Waals surface area (Å²) in [6.07, 6.45) is 10.2. The Labute approximate surface area is 125 Å². The maximum Gasteiger partial charge on any atom is 0.410 e. The van der Waals surface area contributed by atoms with Gasteiger partial charge in [0, 0.05) is 36.9 Å². The summed E-state index contributed by atoms with van der Waals surface area (Å²) in [6, 6.07) is 0.498. The zero-order valence-electron chi connectivity index (χ0n) is 13.0. The Balaban J connectivity index is 1.59. The van der Waals surface area contributed by atoms with Crippen LogP contribution in [0.15, 0.2) is 24.7 Å². The average molecular weight is 289 g/mol. The smallest absolute Gasteiger partial charge is 0.410 e. The van der Waals surface area contributed by atoms with Crippen LogP contribution in [-0.2, 0) is 4.74 Å². The lowest BCUT2D eigenvalue weighted by atomic mass is 9.96. The minimum Gasteiger partial charge on any atom is -0.444 e. The van der Waals surface area contributed by atoms with Gasteiger partial charge in [-0.1, -0.05) is 12.2 Å². The fourth-order valence-electron chi connectivity index (χ4n) is 2.91. The first-order valence-electron chi connectivity index (χ1n) is 7.59. The molecule has 0 radical (unpaired) electrons. The van der Waals surface area contributed by atoms with Crippen molar-refractivity contribution in [3.63, 3.8) is 0 Å². The topological polar surface area (TPSA) is 47.4 Å². The fourth-order valence-corrected chi connectivity index (χ4v) is 2.91. The second-order valence-corrected chi connectivity index (χ2v) is 6.90. The molecule has 21 heavy (non-hydrogen) atoms. The number of hydrogen-bond donors (Lipinski definition) is 0. The number of amides is 1. The minimum atomic E-state index is -0.431. The molecule has 1 aromatic heterocycles. The first-order valence-corrected chi connectivity index (χ1v) is 7.59. The molecule has 3 rings (SSSR count). The molecule has 5 heteroatoms. The maximum absolute atomic E-state index is 12.0. The lowest BCUT2D eigenvalue weighted by molar-refractivity contribution is 0.00750. The fraction of sp³-hybridized carbons (Fsp3) is 0.625. The van der Waals surface area contributed by atoms with Crippen LogP contribution in [0.2, 0.25) is 0 Å². The first-order chi connectivity index (χ1) is 9.94. The molecule has 114 valence electrons. The van der Waals surface area contributed by atoms with Crippen LogP contribution in [0.5, 0.6) is 0 Å². The van der Waals surface area contributed by atoms with Crippen molar-refractivity contribution < 1.29 is 9.53 Å². The van der Waals surface area contributed by atoms with E-state index < -0.39 is 5.60 Å². The van der Waals surface area contributed by atoms with E-state index in [1.165, 1.54) is 5.69 Å². The summed E-state index contributed by atoms with van der Waals surface area (Å²) < 4.78 is 7.67. The van der Waals surface area contributed by atoms with Crippen molar-refractivity contribution in [2.24, 2.45) is 0 Å². The van der Waals surface area contributed by atoms with Crippen LogP contribution in [-0.4, -0.2) is 39.2 Å². The Kier molecular flexibility index (Phi) is 3.51. The number of carbonyl (C=O) groups is 1. The molecule has 0 N–H and O–H groups in total. The molecule has 0 atom stereocenters. The average Bonchev–Trinajstić information content (AvgIpc) is 2.92. The predicted molar refractivity (Wildman–Crippen MR) is 80.2 cm³/mol. The van der Waals surface area contributed by atoms with E-state index in [0.717, 1.165) is 25.9 Å². The van der Waals surface area contributed by atoms with Gasteiger partial charge in [-0.15, -0.1) is 0 Å². The number of rotatable bonds is 2. The van der Waals surface area contributed by atoms with Gasteiger partial charge in [0.05, 0.1) is 6.33 Å². The zero-order chi connectivity index (χ0) is 15.0. The van der Waals surface area contributed by atoms with Crippen LogP contribution in [0.3, 0.4) is 0 Å². The molecule has 1 aliphatic carbocycles. The van der Waals surface area contributed by atoms with Crippen molar-refractivity contribution in [1.82, 2.24) is 14.5 Å². The number of aromatic nitrogens is 2. The highest BCUT2D eigenvalue weighted by molar-refractivity contribution is 5.69. The number of ether oxygens (including phenoxy) is 1. The second kappa shape index (κ2) is 5.20. The third-order valence-corrected chi connectivity index (χ3v) is 4.02. The van der Waals surface area contributed by atoms with Gasteiger partial charge < -0.3 is 14.2 Å². The van der Waals surface area contributed by atoms with E-state index in [2.05, 4.69) is 21.7 Å². The molecule has 0 aromatic carbocycles. The number of hydrogen-bond acceptors (Lipinski definition) is 3. The number of nitrogens with zero attached hydrogens (tertiary/aromatic N) is 3. The Morgan fingerprint density at radius 3 is 2.57 bits per heavy atom. The van der Waals surface area contributed by atoms with Gasteiger partial charge in [0.15, 0.2) is 0 Å². The van der Waals surface area contributed by atoms with Crippen molar-refractivity contribution in [3.8, 4) is 0 Å². The van der Waals surface area contributed by atoms with Crippen LogP contribution >= 0.6 is 0 Å². The molecule has 2 aliphatic rings. The highest BCUT2D eigenvalue weighted by Crippen LogP contribution is 2.32. The van der Waals surface area contributed by atoms with Crippen molar-refractivity contribution in [2.75, 3.05) is 13.1 Å². The van der Waals surface area contributed by atoms with Gasteiger partial charge >= 0.3 is 6.09 Å². The van der Waals surface area contributed by atoms with Crippen molar-refractivity contribution in [3.05, 3.63) is 30.4 Å². The van der Waals surface area contributed by atoms with Crippen LogP contribution in [0.4, 0.5) is 4.79 Å². The second-order valence-electron chi connectivity index (χ2n) is 6.90. The van der Waals surface area contributed by atoms with Crippen LogP contribution in [0.25, 0.3) is 0 Å². The van der Waals surface area contributed by atoms with Crippen molar-refractivity contribution >= 4 is 6.09 Å². The van der Waals surface area contributed by atoms with E-state index in [1.807, 2.05) is 33.3 Å². The van der Waals surface area contributed by atoms with Crippen LogP contribution in [0, 0.1) is 0 Å². The number of carbonyl (C=O) groups excluding carboxylic acids is 1. The van der Waals surface area contributed by atoms with Gasteiger partial charge in [-0.05, 0) is 33.6 Å². The van der Waals surface area contributed by atoms with E-state index in [0.29, 0.717) is 12.0 Å². The largest absolute Gasteiger partial charge is 0.444 e. The van der Waals surface area contributed by atoms with Crippen molar-refractivity contribution in [2.45, 2.75) is 51.2 Å². The Morgan fingerprint density at radius 2 is 1.95 bits per heavy atom. The lowest BCUT2D eigenvalue weighted by Crippen LogP contribution is -2.50. The summed E-state index contributed by atoms with van der Waals surface area (Å²) in [7, 11) is 0. The molecule has 5 nitrogen and oxygen atoms in total. The summed E-state index contributed by atoms with van der Waals surface area (Å²) in [5, 5.41) is 0. The zero-order valence-corrected chi connectivity index (χ0v) is 13.0. The molecule has 0 unspecified atom stereocenters. The third-order valence-electron chi connectivity index (χ3n) is 4.02. The molecule has 0 spiro atoms. The van der Waals surface area contributed by atoms with Crippen LogP contribution < -0.4 is 0 Å². The number of allylic oxidation sites excluding steroid dienone is 2. The normalized spacial score (nSPS) is 19.9. The Hall–Kier alpha value is -1.78.